The molecule has 0 bridgehead atoms. The van der Waals surface area contributed by atoms with Crippen LogP contribution in [0.15, 0.2) is 18.2 Å². The molecular formula is C18H27ClN2O. The third-order valence-corrected chi connectivity index (χ3v) is 4.44. The summed E-state index contributed by atoms with van der Waals surface area (Å²) in [6, 6.07) is 6.66. The van der Waals surface area contributed by atoms with Crippen molar-refractivity contribution in [2.24, 2.45) is 0 Å². The minimum absolute atomic E-state index is 0.0491. The van der Waals surface area contributed by atoms with Gasteiger partial charge in [0.2, 0.25) is 5.91 Å². The van der Waals surface area contributed by atoms with E-state index in [0.29, 0.717) is 12.3 Å². The number of hydrogen-bond acceptors (Lipinski definition) is 2. The van der Waals surface area contributed by atoms with E-state index in [1.165, 1.54) is 42.4 Å². The van der Waals surface area contributed by atoms with Crippen LogP contribution in [0.2, 0.25) is 0 Å². The van der Waals surface area contributed by atoms with Gasteiger partial charge in [-0.05, 0) is 36.0 Å². The molecule has 2 rings (SSSR count). The van der Waals surface area contributed by atoms with Crippen LogP contribution in [-0.2, 0) is 17.8 Å². The maximum atomic E-state index is 11.8. The molecule has 0 saturated carbocycles. The summed E-state index contributed by atoms with van der Waals surface area (Å²) in [5, 5.41) is 6.41. The van der Waals surface area contributed by atoms with Crippen molar-refractivity contribution in [1.82, 2.24) is 10.6 Å². The number of carbonyl (C=O) groups excluding carboxylic acids is 1. The number of rotatable bonds is 9. The number of fused-ring (bicyclic) bond motifs is 1. The number of carbonyl (C=O) groups is 1. The Morgan fingerprint density at radius 3 is 2.95 bits per heavy atom. The van der Waals surface area contributed by atoms with E-state index in [1.54, 1.807) is 0 Å². The third kappa shape index (κ3) is 4.99. The van der Waals surface area contributed by atoms with Crippen LogP contribution < -0.4 is 10.6 Å². The van der Waals surface area contributed by atoms with Gasteiger partial charge in [-0.25, -0.2) is 0 Å². The Kier molecular flexibility index (Phi) is 7.20. The number of benzene rings is 1. The van der Waals surface area contributed by atoms with Gasteiger partial charge in [-0.1, -0.05) is 44.4 Å². The second kappa shape index (κ2) is 9.16. The van der Waals surface area contributed by atoms with Gasteiger partial charge in [0, 0.05) is 18.8 Å². The standard InChI is InChI=1S/C18H27ClN2O/c1-2-3-4-5-7-14-9-10-16-15(12-14)13-20-18(16)21-17(22)8-6-11-19/h9-10,12,18,20H,2-8,11,13H2,1H3,(H,21,22). The fraction of sp³-hybridized carbons (Fsp3) is 0.611. The average Bonchev–Trinajstić information content (AvgIpc) is 2.92. The summed E-state index contributed by atoms with van der Waals surface area (Å²) in [4.78, 5) is 11.8. The summed E-state index contributed by atoms with van der Waals surface area (Å²) in [5.74, 6) is 0.596. The number of nitrogens with one attached hydrogen (secondary N) is 2. The summed E-state index contributed by atoms with van der Waals surface area (Å²) >= 11 is 5.63. The van der Waals surface area contributed by atoms with Crippen LogP contribution in [0.3, 0.4) is 0 Å². The zero-order chi connectivity index (χ0) is 15.8. The maximum Gasteiger partial charge on any atom is 0.221 e. The maximum absolute atomic E-state index is 11.8. The molecule has 0 spiro atoms. The first kappa shape index (κ1) is 17.3. The summed E-state index contributed by atoms with van der Waals surface area (Å²) in [7, 11) is 0. The quantitative estimate of drug-likeness (QED) is 0.532. The van der Waals surface area contributed by atoms with E-state index in [2.05, 4.69) is 35.8 Å². The van der Waals surface area contributed by atoms with Crippen molar-refractivity contribution in [3.63, 3.8) is 0 Å². The summed E-state index contributed by atoms with van der Waals surface area (Å²) in [6.45, 7) is 3.07. The molecule has 1 aliphatic rings. The van der Waals surface area contributed by atoms with Crippen molar-refractivity contribution in [2.45, 2.75) is 64.6 Å². The first-order valence-electron chi connectivity index (χ1n) is 8.45. The lowest BCUT2D eigenvalue weighted by molar-refractivity contribution is -0.122. The van der Waals surface area contributed by atoms with Crippen molar-refractivity contribution >= 4 is 17.5 Å². The lowest BCUT2D eigenvalue weighted by Gasteiger charge is -2.14. The smallest absolute Gasteiger partial charge is 0.221 e. The van der Waals surface area contributed by atoms with E-state index in [1.807, 2.05) is 0 Å². The molecule has 3 nitrogen and oxygen atoms in total. The molecule has 22 heavy (non-hydrogen) atoms. The molecule has 2 N–H and O–H groups in total. The topological polar surface area (TPSA) is 41.1 Å². The third-order valence-electron chi connectivity index (χ3n) is 4.18. The van der Waals surface area contributed by atoms with Crippen LogP contribution in [0.4, 0.5) is 0 Å². The van der Waals surface area contributed by atoms with E-state index < -0.39 is 0 Å². The number of hydrogen-bond donors (Lipinski definition) is 2. The van der Waals surface area contributed by atoms with Gasteiger partial charge in [-0.2, -0.15) is 0 Å². The molecule has 0 radical (unpaired) electrons. The first-order chi connectivity index (χ1) is 10.7. The van der Waals surface area contributed by atoms with Crippen LogP contribution in [0.5, 0.6) is 0 Å². The highest BCUT2D eigenvalue weighted by Gasteiger charge is 2.23. The highest BCUT2D eigenvalue weighted by molar-refractivity contribution is 6.17. The van der Waals surface area contributed by atoms with Gasteiger partial charge >= 0.3 is 0 Å². The normalized spacial score (nSPS) is 16.5. The molecule has 1 atom stereocenters. The van der Waals surface area contributed by atoms with Crippen LogP contribution in [0.25, 0.3) is 0 Å². The van der Waals surface area contributed by atoms with Gasteiger partial charge < -0.3 is 5.32 Å². The fourth-order valence-corrected chi connectivity index (χ4v) is 3.05. The molecule has 0 aromatic heterocycles. The van der Waals surface area contributed by atoms with Gasteiger partial charge in [-0.15, -0.1) is 11.6 Å². The molecule has 1 heterocycles. The first-order valence-corrected chi connectivity index (χ1v) is 8.98. The zero-order valence-corrected chi connectivity index (χ0v) is 14.2. The van der Waals surface area contributed by atoms with Crippen molar-refractivity contribution in [3.05, 3.63) is 34.9 Å². The van der Waals surface area contributed by atoms with Gasteiger partial charge in [-0.3, -0.25) is 10.1 Å². The minimum atomic E-state index is -0.0491. The molecule has 0 saturated heterocycles. The molecule has 1 aromatic carbocycles. The highest BCUT2D eigenvalue weighted by Crippen LogP contribution is 2.25. The number of unbranched alkanes of at least 4 members (excludes halogenated alkanes) is 3. The molecule has 1 aromatic rings. The Bertz CT molecular complexity index is 490. The van der Waals surface area contributed by atoms with E-state index in [9.17, 15) is 4.79 Å². The van der Waals surface area contributed by atoms with E-state index in [-0.39, 0.29) is 12.1 Å². The molecular weight excluding hydrogens is 296 g/mol. The van der Waals surface area contributed by atoms with E-state index >= 15 is 0 Å². The Balaban J connectivity index is 1.88. The van der Waals surface area contributed by atoms with Gasteiger partial charge in [0.05, 0.1) is 0 Å². The Morgan fingerprint density at radius 2 is 2.18 bits per heavy atom. The lowest BCUT2D eigenvalue weighted by atomic mass is 10.0. The average molecular weight is 323 g/mol. The second-order valence-electron chi connectivity index (χ2n) is 6.02. The molecule has 1 unspecified atom stereocenters. The molecule has 0 fully saturated rings. The predicted molar refractivity (Wildman–Crippen MR) is 92.0 cm³/mol. The monoisotopic (exact) mass is 322 g/mol. The lowest BCUT2D eigenvalue weighted by Crippen LogP contribution is -2.33. The Labute approximate surface area is 138 Å². The van der Waals surface area contributed by atoms with Crippen molar-refractivity contribution in [1.29, 1.82) is 0 Å². The Hall–Kier alpha value is -1.06. The zero-order valence-electron chi connectivity index (χ0n) is 13.5. The van der Waals surface area contributed by atoms with Crippen molar-refractivity contribution in [3.8, 4) is 0 Å². The molecule has 122 valence electrons. The number of aryl methyl sites for hydroxylation is 1. The minimum Gasteiger partial charge on any atom is -0.337 e. The molecule has 1 aliphatic heterocycles. The van der Waals surface area contributed by atoms with E-state index in [4.69, 9.17) is 11.6 Å². The van der Waals surface area contributed by atoms with Crippen LogP contribution in [0, 0.1) is 0 Å². The number of halogens is 1. The highest BCUT2D eigenvalue weighted by atomic mass is 35.5. The second-order valence-corrected chi connectivity index (χ2v) is 6.40. The number of alkyl halides is 1. The van der Waals surface area contributed by atoms with Crippen LogP contribution in [-0.4, -0.2) is 11.8 Å². The largest absolute Gasteiger partial charge is 0.337 e. The summed E-state index contributed by atoms with van der Waals surface area (Å²) < 4.78 is 0. The van der Waals surface area contributed by atoms with Crippen molar-refractivity contribution < 1.29 is 4.79 Å². The SMILES string of the molecule is CCCCCCc1ccc2c(c1)CNC2NC(=O)CCCCl. The summed E-state index contributed by atoms with van der Waals surface area (Å²) in [6.07, 6.45) is 7.49. The van der Waals surface area contributed by atoms with Gasteiger partial charge in [0.25, 0.3) is 0 Å². The molecule has 1 amide bonds. The van der Waals surface area contributed by atoms with Crippen LogP contribution >= 0.6 is 11.6 Å². The fourth-order valence-electron chi connectivity index (χ4n) is 2.92. The van der Waals surface area contributed by atoms with Gasteiger partial charge in [0.15, 0.2) is 0 Å². The molecule has 4 heteroatoms. The molecule has 0 aliphatic carbocycles. The summed E-state index contributed by atoms with van der Waals surface area (Å²) in [5.41, 5.74) is 3.93. The van der Waals surface area contributed by atoms with E-state index in [0.717, 1.165) is 19.4 Å². The van der Waals surface area contributed by atoms with Gasteiger partial charge in [0.1, 0.15) is 6.17 Å². The Morgan fingerprint density at radius 1 is 1.32 bits per heavy atom. The van der Waals surface area contributed by atoms with Crippen LogP contribution in [0.1, 0.15) is 68.3 Å². The van der Waals surface area contributed by atoms with Crippen molar-refractivity contribution in [2.75, 3.05) is 5.88 Å². The predicted octanol–water partition coefficient (Wildman–Crippen LogP) is 4.05. The number of amides is 1.